The molecule has 7 nitrogen and oxygen atoms in total. The minimum Gasteiger partial charge on any atom is -0.493 e. The fraction of sp³-hybridized carbons (Fsp3) is 0.379. The van der Waals surface area contributed by atoms with Crippen molar-refractivity contribution < 1.29 is 14.3 Å². The van der Waals surface area contributed by atoms with Crippen molar-refractivity contribution in [1.82, 2.24) is 0 Å². The molecule has 0 saturated heterocycles. The number of hydrogen-bond donors (Lipinski definition) is 1. The molecule has 1 aliphatic heterocycles. The number of nitrogens with zero attached hydrogens (tertiary/aromatic N) is 3. The number of nitrogens with one attached hydrogen (secondary N) is 1. The van der Waals surface area contributed by atoms with E-state index < -0.39 is 0 Å². The minimum atomic E-state index is -0.350. The molecule has 0 fully saturated rings. The molecule has 9 heteroatoms. The summed E-state index contributed by atoms with van der Waals surface area (Å²) >= 11 is 12.8. The predicted molar refractivity (Wildman–Crippen MR) is 153 cm³/mol. The van der Waals surface area contributed by atoms with Crippen molar-refractivity contribution in [3.05, 3.63) is 69.4 Å². The second-order valence-electron chi connectivity index (χ2n) is 9.13. The van der Waals surface area contributed by atoms with E-state index >= 15 is 0 Å². The Bertz CT molecular complexity index is 1310. The van der Waals surface area contributed by atoms with E-state index in [-0.39, 0.29) is 18.1 Å². The molecule has 38 heavy (non-hydrogen) atoms. The number of halogens is 2. The average Bonchev–Trinajstić information content (AvgIpc) is 3.36. The summed E-state index contributed by atoms with van der Waals surface area (Å²) in [7, 11) is 0. The molecule has 0 aromatic heterocycles. The summed E-state index contributed by atoms with van der Waals surface area (Å²) < 4.78 is 11.5. The van der Waals surface area contributed by atoms with E-state index in [1.165, 1.54) is 0 Å². The Morgan fingerprint density at radius 2 is 1.92 bits per heavy atom. The lowest BCUT2D eigenvalue weighted by atomic mass is 9.97. The van der Waals surface area contributed by atoms with E-state index in [1.807, 2.05) is 32.9 Å². The number of anilines is 1. The SMILES string of the molecule is C=C(CCC)O[C@@H](C)[C@@H](Nc1ccc(C#N)c(Cl)c1C)C1=NN=C(c2ccc(OC(=O)CCC)c(Cl)c2)C1. The Labute approximate surface area is 234 Å². The normalized spacial score (nSPS) is 14.1. The van der Waals surface area contributed by atoms with Gasteiger partial charge in [0.15, 0.2) is 0 Å². The van der Waals surface area contributed by atoms with Crippen LogP contribution in [-0.4, -0.2) is 29.5 Å². The van der Waals surface area contributed by atoms with E-state index in [0.717, 1.165) is 41.1 Å². The summed E-state index contributed by atoms with van der Waals surface area (Å²) in [5.74, 6) is 0.690. The second-order valence-corrected chi connectivity index (χ2v) is 9.91. The van der Waals surface area contributed by atoms with Crippen molar-refractivity contribution in [3.8, 4) is 11.8 Å². The molecule has 3 rings (SSSR count). The lowest BCUT2D eigenvalue weighted by molar-refractivity contribution is -0.134. The molecule has 0 bridgehead atoms. The van der Waals surface area contributed by atoms with Crippen LogP contribution >= 0.6 is 23.2 Å². The van der Waals surface area contributed by atoms with Gasteiger partial charge in [0.1, 0.15) is 24.0 Å². The van der Waals surface area contributed by atoms with E-state index in [1.54, 1.807) is 18.2 Å². The molecule has 2 aromatic rings. The van der Waals surface area contributed by atoms with Crippen LogP contribution < -0.4 is 10.1 Å². The van der Waals surface area contributed by atoms with Gasteiger partial charge in [-0.05, 0) is 68.1 Å². The monoisotopic (exact) mass is 554 g/mol. The Morgan fingerprint density at radius 1 is 1.18 bits per heavy atom. The van der Waals surface area contributed by atoms with Crippen LogP contribution in [0, 0.1) is 18.3 Å². The van der Waals surface area contributed by atoms with Gasteiger partial charge in [-0.25, -0.2) is 0 Å². The zero-order chi connectivity index (χ0) is 27.8. The Morgan fingerprint density at radius 3 is 2.58 bits per heavy atom. The molecule has 0 aliphatic carbocycles. The quantitative estimate of drug-likeness (QED) is 0.165. The van der Waals surface area contributed by atoms with E-state index in [9.17, 15) is 10.1 Å². The van der Waals surface area contributed by atoms with Crippen molar-refractivity contribution in [1.29, 1.82) is 5.26 Å². The molecule has 0 amide bonds. The number of esters is 1. The predicted octanol–water partition coefficient (Wildman–Crippen LogP) is 7.63. The summed E-state index contributed by atoms with van der Waals surface area (Å²) in [6.45, 7) is 11.8. The molecule has 0 radical (unpaired) electrons. The highest BCUT2D eigenvalue weighted by molar-refractivity contribution is 6.33. The lowest BCUT2D eigenvalue weighted by Gasteiger charge is -2.28. The van der Waals surface area contributed by atoms with Crippen molar-refractivity contribution in [3.63, 3.8) is 0 Å². The third kappa shape index (κ3) is 7.15. The van der Waals surface area contributed by atoms with Gasteiger partial charge in [0, 0.05) is 24.9 Å². The molecule has 1 N–H and O–H groups in total. The zero-order valence-corrected chi connectivity index (χ0v) is 23.6. The van der Waals surface area contributed by atoms with Crippen LogP contribution in [0.2, 0.25) is 10.0 Å². The van der Waals surface area contributed by atoms with Gasteiger partial charge in [0.25, 0.3) is 0 Å². The zero-order valence-electron chi connectivity index (χ0n) is 22.1. The van der Waals surface area contributed by atoms with Crippen LogP contribution in [0.5, 0.6) is 5.75 Å². The van der Waals surface area contributed by atoms with Crippen molar-refractivity contribution in [2.24, 2.45) is 10.2 Å². The Kier molecular flexibility index (Phi) is 10.3. The van der Waals surface area contributed by atoms with Crippen LogP contribution in [0.25, 0.3) is 0 Å². The topological polar surface area (TPSA) is 96.1 Å². The van der Waals surface area contributed by atoms with Crippen LogP contribution in [0.4, 0.5) is 5.69 Å². The molecular formula is C29H32Cl2N4O3. The first-order valence-electron chi connectivity index (χ1n) is 12.6. The Hall–Kier alpha value is -3.34. The van der Waals surface area contributed by atoms with Gasteiger partial charge in [0.2, 0.25) is 0 Å². The van der Waals surface area contributed by atoms with E-state index in [2.05, 4.69) is 35.1 Å². The van der Waals surface area contributed by atoms with E-state index in [0.29, 0.717) is 46.4 Å². The lowest BCUT2D eigenvalue weighted by Crippen LogP contribution is -2.41. The summed E-state index contributed by atoms with van der Waals surface area (Å²) in [6, 6.07) is 10.5. The highest BCUT2D eigenvalue weighted by Gasteiger charge is 2.30. The van der Waals surface area contributed by atoms with Crippen LogP contribution in [0.15, 0.2) is 52.9 Å². The summed E-state index contributed by atoms with van der Waals surface area (Å²) in [5.41, 5.74) is 4.23. The number of benzene rings is 2. The van der Waals surface area contributed by atoms with Crippen LogP contribution in [0.3, 0.4) is 0 Å². The first-order valence-corrected chi connectivity index (χ1v) is 13.4. The molecule has 0 spiro atoms. The maximum Gasteiger partial charge on any atom is 0.311 e. The number of carbonyl (C=O) groups is 1. The third-order valence-corrected chi connectivity index (χ3v) is 6.90. The third-order valence-electron chi connectivity index (χ3n) is 6.12. The largest absolute Gasteiger partial charge is 0.493 e. The fourth-order valence-corrected chi connectivity index (χ4v) is 4.50. The number of allylic oxidation sites excluding steroid dienone is 1. The van der Waals surface area contributed by atoms with Crippen LogP contribution in [-0.2, 0) is 9.53 Å². The maximum atomic E-state index is 11.9. The first-order chi connectivity index (χ1) is 18.2. The highest BCUT2D eigenvalue weighted by atomic mass is 35.5. The van der Waals surface area contributed by atoms with Crippen molar-refractivity contribution >= 4 is 46.3 Å². The first kappa shape index (κ1) is 29.2. The van der Waals surface area contributed by atoms with Gasteiger partial charge in [-0.3, -0.25) is 4.79 Å². The van der Waals surface area contributed by atoms with E-state index in [4.69, 9.17) is 32.7 Å². The van der Waals surface area contributed by atoms with Crippen LogP contribution in [0.1, 0.15) is 69.6 Å². The molecule has 0 saturated carbocycles. The summed E-state index contributed by atoms with van der Waals surface area (Å²) in [6.07, 6.45) is 2.83. The number of carbonyl (C=O) groups excluding carboxylic acids is 1. The van der Waals surface area contributed by atoms with Crippen molar-refractivity contribution in [2.75, 3.05) is 5.32 Å². The average molecular weight is 556 g/mol. The molecule has 2 atom stereocenters. The molecule has 200 valence electrons. The molecule has 1 aliphatic rings. The van der Waals surface area contributed by atoms with Gasteiger partial charge in [-0.1, -0.05) is 43.6 Å². The maximum absolute atomic E-state index is 11.9. The summed E-state index contributed by atoms with van der Waals surface area (Å²) in [4.78, 5) is 11.9. The smallest absolute Gasteiger partial charge is 0.311 e. The number of hydrogen-bond acceptors (Lipinski definition) is 7. The van der Waals surface area contributed by atoms with Gasteiger partial charge in [-0.15, -0.1) is 0 Å². The number of rotatable bonds is 12. The van der Waals surface area contributed by atoms with Gasteiger partial charge >= 0.3 is 5.97 Å². The second kappa shape index (κ2) is 13.5. The highest BCUT2D eigenvalue weighted by Crippen LogP contribution is 2.31. The number of ether oxygens (including phenoxy) is 2. The molecule has 2 aromatic carbocycles. The standard InChI is InChI=1S/C29H32Cl2N4O3/c1-6-8-17(3)37-19(5)29(33-23-12-10-21(16-32)28(31)18(23)4)25-15-24(34-35-25)20-11-13-26(22(30)14-20)38-27(36)9-7-2/h10-14,19,29,33H,3,6-9,15H2,1-2,4-5H3/t19-,29+/m0/s1. The summed E-state index contributed by atoms with van der Waals surface area (Å²) in [5, 5.41) is 22.5. The van der Waals surface area contributed by atoms with Gasteiger partial charge < -0.3 is 14.8 Å². The van der Waals surface area contributed by atoms with Gasteiger partial charge in [0.05, 0.1) is 32.8 Å². The molecular weight excluding hydrogens is 523 g/mol. The minimum absolute atomic E-state index is 0.317. The molecule has 1 heterocycles. The fourth-order valence-electron chi connectivity index (χ4n) is 4.08. The molecule has 0 unspecified atom stereocenters. The number of nitriles is 1. The Balaban J connectivity index is 1.82. The van der Waals surface area contributed by atoms with Crippen molar-refractivity contribution in [2.45, 2.75) is 71.9 Å². The van der Waals surface area contributed by atoms with Gasteiger partial charge in [-0.2, -0.15) is 15.5 Å².